The summed E-state index contributed by atoms with van der Waals surface area (Å²) in [4.78, 5) is 21.3. The van der Waals surface area contributed by atoms with Crippen LogP contribution >= 0.6 is 23.1 Å². The van der Waals surface area contributed by atoms with Crippen molar-refractivity contribution in [3.63, 3.8) is 0 Å². The molecule has 0 spiro atoms. The van der Waals surface area contributed by atoms with E-state index in [1.165, 1.54) is 29.2 Å². The van der Waals surface area contributed by atoms with Gasteiger partial charge in [0.2, 0.25) is 11.1 Å². The Labute approximate surface area is 185 Å². The minimum absolute atomic E-state index is 0.266. The lowest BCUT2D eigenvalue weighted by molar-refractivity contribution is -0.115. The Bertz CT molecular complexity index is 1220. The molecule has 0 saturated heterocycles. The van der Waals surface area contributed by atoms with E-state index in [2.05, 4.69) is 25.5 Å². The fraction of sp³-hybridized carbons (Fsp3) is 0.143. The molecule has 4 rings (SSSR count). The van der Waals surface area contributed by atoms with E-state index in [1.807, 2.05) is 31.2 Å². The van der Waals surface area contributed by atoms with Gasteiger partial charge in [0, 0.05) is 16.5 Å². The number of halogens is 2. The minimum Gasteiger partial charge on any atom is -0.301 e. The molecule has 31 heavy (non-hydrogen) atoms. The Morgan fingerprint density at radius 3 is 2.58 bits per heavy atom. The van der Waals surface area contributed by atoms with E-state index in [0.29, 0.717) is 27.4 Å². The maximum atomic E-state index is 13.4. The van der Waals surface area contributed by atoms with Crippen molar-refractivity contribution in [2.45, 2.75) is 24.3 Å². The molecule has 0 aliphatic rings. The van der Waals surface area contributed by atoms with Crippen LogP contribution in [0.4, 0.5) is 13.9 Å². The lowest BCUT2D eigenvalue weighted by Gasteiger charge is -2.07. The van der Waals surface area contributed by atoms with E-state index in [0.717, 1.165) is 23.3 Å². The molecule has 1 amide bonds. The molecule has 4 aromatic rings. The van der Waals surface area contributed by atoms with E-state index < -0.39 is 16.9 Å². The molecular weight excluding hydrogens is 440 g/mol. The molecule has 2 aromatic heterocycles. The van der Waals surface area contributed by atoms with Crippen molar-refractivity contribution in [3.8, 4) is 22.6 Å². The van der Waals surface area contributed by atoms with Crippen LogP contribution in [0.15, 0.2) is 53.0 Å². The maximum absolute atomic E-state index is 13.4. The van der Waals surface area contributed by atoms with Crippen molar-refractivity contribution in [2.24, 2.45) is 0 Å². The van der Waals surface area contributed by atoms with Gasteiger partial charge in [-0.05, 0) is 32.0 Å². The standard InChI is InChI=1S/C21H17F2N5OS2/c1-11-3-5-13(6-4-11)18-25-21(28-27-18)31-12(2)19(29)26-20-24-17(10-30-20)14-7-8-15(22)16(23)9-14/h3-10,12H,1-2H3,(H,24,26,29)(H,25,27,28). The normalized spacial score (nSPS) is 12.0. The first kappa shape index (κ1) is 21.1. The number of anilines is 1. The summed E-state index contributed by atoms with van der Waals surface area (Å²) in [6.07, 6.45) is 0. The molecule has 0 radical (unpaired) electrons. The van der Waals surface area contributed by atoms with E-state index >= 15 is 0 Å². The van der Waals surface area contributed by atoms with Crippen LogP contribution in [-0.2, 0) is 4.79 Å². The summed E-state index contributed by atoms with van der Waals surface area (Å²) in [6, 6.07) is 11.4. The number of carbonyl (C=O) groups excluding carboxylic acids is 1. The van der Waals surface area contributed by atoms with Gasteiger partial charge in [0.1, 0.15) is 0 Å². The quantitative estimate of drug-likeness (QED) is 0.384. The first-order valence-corrected chi connectivity index (χ1v) is 11.0. The largest absolute Gasteiger partial charge is 0.301 e. The molecular formula is C21H17F2N5OS2. The minimum atomic E-state index is -0.947. The van der Waals surface area contributed by atoms with Gasteiger partial charge >= 0.3 is 0 Å². The second-order valence-electron chi connectivity index (χ2n) is 6.75. The van der Waals surface area contributed by atoms with E-state index in [1.54, 1.807) is 12.3 Å². The lowest BCUT2D eigenvalue weighted by atomic mass is 10.1. The van der Waals surface area contributed by atoms with Crippen LogP contribution in [0.5, 0.6) is 0 Å². The number of benzene rings is 2. The zero-order valence-corrected chi connectivity index (χ0v) is 18.2. The van der Waals surface area contributed by atoms with Gasteiger partial charge in [0.15, 0.2) is 22.6 Å². The number of thiazole rings is 1. The molecule has 0 bridgehead atoms. The molecule has 158 valence electrons. The number of aromatic amines is 1. The molecule has 0 aliphatic heterocycles. The van der Waals surface area contributed by atoms with E-state index in [4.69, 9.17) is 0 Å². The van der Waals surface area contributed by atoms with Gasteiger partial charge in [-0.3, -0.25) is 9.89 Å². The van der Waals surface area contributed by atoms with Crippen LogP contribution in [0.1, 0.15) is 12.5 Å². The molecule has 2 aromatic carbocycles. The number of nitrogens with one attached hydrogen (secondary N) is 2. The third-order valence-electron chi connectivity index (χ3n) is 4.39. The monoisotopic (exact) mass is 457 g/mol. The van der Waals surface area contributed by atoms with Gasteiger partial charge in [-0.2, -0.15) is 0 Å². The number of rotatable bonds is 6. The topological polar surface area (TPSA) is 83.6 Å². The van der Waals surface area contributed by atoms with Crippen molar-refractivity contribution in [2.75, 3.05) is 5.32 Å². The zero-order chi connectivity index (χ0) is 22.0. The zero-order valence-electron chi connectivity index (χ0n) is 16.5. The van der Waals surface area contributed by atoms with Crippen molar-refractivity contribution < 1.29 is 13.6 Å². The summed E-state index contributed by atoms with van der Waals surface area (Å²) in [5.74, 6) is -1.50. The lowest BCUT2D eigenvalue weighted by Crippen LogP contribution is -2.22. The molecule has 6 nitrogen and oxygen atoms in total. The number of hydrogen-bond donors (Lipinski definition) is 2. The van der Waals surface area contributed by atoms with Crippen molar-refractivity contribution in [1.29, 1.82) is 0 Å². The third-order valence-corrected chi connectivity index (χ3v) is 6.11. The number of aromatic nitrogens is 4. The van der Waals surface area contributed by atoms with E-state index in [9.17, 15) is 13.6 Å². The summed E-state index contributed by atoms with van der Waals surface area (Å²) in [7, 11) is 0. The molecule has 1 unspecified atom stereocenters. The molecule has 0 saturated carbocycles. The van der Waals surface area contributed by atoms with Crippen LogP contribution in [-0.4, -0.2) is 31.3 Å². The van der Waals surface area contributed by atoms with Crippen LogP contribution in [0.25, 0.3) is 22.6 Å². The highest BCUT2D eigenvalue weighted by molar-refractivity contribution is 8.00. The molecule has 1 atom stereocenters. The van der Waals surface area contributed by atoms with Crippen LogP contribution in [0.2, 0.25) is 0 Å². The summed E-state index contributed by atoms with van der Waals surface area (Å²) >= 11 is 2.42. The highest BCUT2D eigenvalue weighted by Gasteiger charge is 2.19. The molecule has 2 N–H and O–H groups in total. The number of aryl methyl sites for hydroxylation is 1. The Morgan fingerprint density at radius 1 is 1.10 bits per heavy atom. The van der Waals surface area contributed by atoms with Crippen molar-refractivity contribution >= 4 is 34.1 Å². The van der Waals surface area contributed by atoms with Crippen LogP contribution in [0.3, 0.4) is 0 Å². The van der Waals surface area contributed by atoms with Gasteiger partial charge in [-0.25, -0.2) is 18.7 Å². The third kappa shape index (κ3) is 4.97. The predicted molar refractivity (Wildman–Crippen MR) is 118 cm³/mol. The average Bonchev–Trinajstić information content (AvgIpc) is 3.40. The molecule has 10 heteroatoms. The smallest absolute Gasteiger partial charge is 0.239 e. The number of thioether (sulfide) groups is 1. The fourth-order valence-electron chi connectivity index (χ4n) is 2.68. The van der Waals surface area contributed by atoms with Gasteiger partial charge in [-0.1, -0.05) is 41.6 Å². The van der Waals surface area contributed by atoms with Crippen LogP contribution in [0, 0.1) is 18.6 Å². The second-order valence-corrected chi connectivity index (χ2v) is 8.91. The van der Waals surface area contributed by atoms with Gasteiger partial charge in [0.25, 0.3) is 0 Å². The summed E-state index contributed by atoms with van der Waals surface area (Å²) in [6.45, 7) is 3.75. The number of nitrogens with zero attached hydrogens (tertiary/aromatic N) is 3. The molecule has 2 heterocycles. The Balaban J connectivity index is 1.38. The van der Waals surface area contributed by atoms with Crippen LogP contribution < -0.4 is 5.32 Å². The predicted octanol–water partition coefficient (Wildman–Crippen LogP) is 5.30. The summed E-state index contributed by atoms with van der Waals surface area (Å²) < 4.78 is 26.5. The first-order valence-electron chi connectivity index (χ1n) is 9.27. The second kappa shape index (κ2) is 8.94. The first-order chi connectivity index (χ1) is 14.9. The fourth-order valence-corrected chi connectivity index (χ4v) is 4.12. The summed E-state index contributed by atoms with van der Waals surface area (Å²) in [5, 5.41) is 11.8. The SMILES string of the molecule is Cc1ccc(-c2nc(SC(C)C(=O)Nc3nc(-c4ccc(F)c(F)c4)cs3)n[nH]2)cc1. The Hall–Kier alpha value is -3.11. The van der Waals surface area contributed by atoms with Crippen molar-refractivity contribution in [1.82, 2.24) is 20.2 Å². The number of amides is 1. The highest BCUT2D eigenvalue weighted by atomic mass is 32.2. The van der Waals surface area contributed by atoms with Gasteiger partial charge in [-0.15, -0.1) is 16.4 Å². The van der Waals surface area contributed by atoms with E-state index in [-0.39, 0.29) is 5.91 Å². The Morgan fingerprint density at radius 2 is 1.84 bits per heavy atom. The Kier molecular flexibility index (Phi) is 6.10. The van der Waals surface area contributed by atoms with Gasteiger partial charge in [0.05, 0.1) is 10.9 Å². The van der Waals surface area contributed by atoms with Gasteiger partial charge < -0.3 is 5.32 Å². The number of carbonyl (C=O) groups is 1. The number of H-pyrrole nitrogens is 1. The van der Waals surface area contributed by atoms with Crippen molar-refractivity contribution in [3.05, 3.63) is 65.0 Å². The molecule has 0 fully saturated rings. The summed E-state index contributed by atoms with van der Waals surface area (Å²) in [5.41, 5.74) is 2.95. The average molecular weight is 458 g/mol. The number of hydrogen-bond acceptors (Lipinski definition) is 6. The maximum Gasteiger partial charge on any atom is 0.239 e. The highest BCUT2D eigenvalue weighted by Crippen LogP contribution is 2.28. The molecule has 0 aliphatic carbocycles.